The van der Waals surface area contributed by atoms with Crippen LogP contribution >= 0.6 is 0 Å². The number of nitrogens with one attached hydrogen (secondary N) is 2. The van der Waals surface area contributed by atoms with Gasteiger partial charge in [-0.05, 0) is 18.1 Å². The average molecular weight is 377 g/mol. The van der Waals surface area contributed by atoms with E-state index in [4.69, 9.17) is 24.4 Å². The van der Waals surface area contributed by atoms with Crippen LogP contribution in [0.4, 0.5) is 0 Å². The van der Waals surface area contributed by atoms with Crippen LogP contribution < -0.4 is 19.5 Å². The van der Waals surface area contributed by atoms with Crippen molar-refractivity contribution in [2.24, 2.45) is 5.92 Å². The third-order valence-electron chi connectivity index (χ3n) is 5.43. The zero-order valence-electron chi connectivity index (χ0n) is 16.5. The van der Waals surface area contributed by atoms with Gasteiger partial charge in [0.05, 0.1) is 14.2 Å². The highest BCUT2D eigenvalue weighted by Gasteiger charge is 2.40. The molecule has 0 aromatic heterocycles. The molecule has 7 heteroatoms. The molecule has 1 unspecified atom stereocenters. The van der Waals surface area contributed by atoms with Crippen LogP contribution in [-0.2, 0) is 4.74 Å². The Hall–Kier alpha value is -2.15. The Bertz CT molecular complexity index is 648. The summed E-state index contributed by atoms with van der Waals surface area (Å²) in [5.74, 6) is 2.74. The Morgan fingerprint density at radius 2 is 1.93 bits per heavy atom. The summed E-state index contributed by atoms with van der Waals surface area (Å²) < 4.78 is 23.1. The van der Waals surface area contributed by atoms with Gasteiger partial charge in [-0.15, -0.1) is 0 Å². The number of para-hydroxylation sites is 1. The molecule has 1 aromatic rings. The van der Waals surface area contributed by atoms with Crippen LogP contribution in [0.25, 0.3) is 0 Å². The number of benzene rings is 1. The van der Waals surface area contributed by atoms with Crippen molar-refractivity contribution in [2.75, 3.05) is 34.6 Å². The largest absolute Gasteiger partial charge is 0.493 e. The molecule has 2 N–H and O–H groups in total. The summed E-state index contributed by atoms with van der Waals surface area (Å²) in [4.78, 5) is 1.74. The van der Waals surface area contributed by atoms with Crippen LogP contribution in [0.15, 0.2) is 18.2 Å². The average Bonchev–Trinajstić information content (AvgIpc) is 2.70. The van der Waals surface area contributed by atoms with Crippen LogP contribution in [0.2, 0.25) is 0 Å². The van der Waals surface area contributed by atoms with Gasteiger partial charge < -0.3 is 29.2 Å². The van der Waals surface area contributed by atoms with Crippen molar-refractivity contribution in [3.63, 3.8) is 0 Å². The highest BCUT2D eigenvalue weighted by atomic mass is 16.6. The number of nitrogens with zero attached hydrogens (tertiary/aromatic N) is 1. The second-order valence-electron chi connectivity index (χ2n) is 7.43. The van der Waals surface area contributed by atoms with E-state index in [-0.39, 0.29) is 0 Å². The fourth-order valence-corrected chi connectivity index (χ4v) is 3.90. The molecule has 1 saturated heterocycles. The Labute approximate surface area is 161 Å². The summed E-state index contributed by atoms with van der Waals surface area (Å²) in [6.45, 7) is 0.667. The van der Waals surface area contributed by atoms with E-state index in [0.29, 0.717) is 42.5 Å². The van der Waals surface area contributed by atoms with Crippen molar-refractivity contribution in [1.82, 2.24) is 10.2 Å². The molecule has 7 nitrogen and oxygen atoms in total. The van der Waals surface area contributed by atoms with Gasteiger partial charge in [0.15, 0.2) is 23.2 Å². The van der Waals surface area contributed by atoms with Crippen molar-refractivity contribution >= 4 is 5.96 Å². The van der Waals surface area contributed by atoms with Crippen molar-refractivity contribution in [2.45, 2.75) is 44.2 Å². The lowest BCUT2D eigenvalue weighted by molar-refractivity contribution is -0.141. The third-order valence-corrected chi connectivity index (χ3v) is 5.43. The molecule has 3 rings (SSSR count). The van der Waals surface area contributed by atoms with Crippen molar-refractivity contribution < 1.29 is 18.9 Å². The second kappa shape index (κ2) is 8.69. The molecule has 150 valence electrons. The number of guanidine groups is 1. The Morgan fingerprint density at radius 3 is 2.59 bits per heavy atom. The summed E-state index contributed by atoms with van der Waals surface area (Å²) in [6.07, 6.45) is 7.09. The van der Waals surface area contributed by atoms with Gasteiger partial charge in [0.25, 0.3) is 0 Å². The zero-order chi connectivity index (χ0) is 19.3. The van der Waals surface area contributed by atoms with E-state index in [1.165, 1.54) is 32.1 Å². The Morgan fingerprint density at radius 1 is 1.19 bits per heavy atom. The lowest BCUT2D eigenvalue weighted by Gasteiger charge is -2.44. The molecule has 1 atom stereocenters. The summed E-state index contributed by atoms with van der Waals surface area (Å²) in [6, 6.07) is 5.56. The maximum atomic E-state index is 8.23. The normalized spacial score (nSPS) is 23.7. The van der Waals surface area contributed by atoms with E-state index in [9.17, 15) is 0 Å². The fraction of sp³-hybridized carbons (Fsp3) is 0.650. The monoisotopic (exact) mass is 377 g/mol. The Balaban J connectivity index is 1.76. The lowest BCUT2D eigenvalue weighted by Crippen LogP contribution is -2.64. The van der Waals surface area contributed by atoms with Crippen molar-refractivity contribution in [1.29, 1.82) is 5.41 Å². The summed E-state index contributed by atoms with van der Waals surface area (Å²) in [5.41, 5.74) is -0.709. The fourth-order valence-electron chi connectivity index (χ4n) is 3.90. The highest BCUT2D eigenvalue weighted by Crippen LogP contribution is 2.38. The topological polar surface area (TPSA) is 76.0 Å². The summed E-state index contributed by atoms with van der Waals surface area (Å²) >= 11 is 0. The van der Waals surface area contributed by atoms with Crippen molar-refractivity contribution in [3.05, 3.63) is 18.2 Å². The predicted octanol–water partition coefficient (Wildman–Crippen LogP) is 3.19. The van der Waals surface area contributed by atoms with Crippen molar-refractivity contribution in [3.8, 4) is 17.2 Å². The van der Waals surface area contributed by atoms with Crippen LogP contribution in [0.1, 0.15) is 38.5 Å². The first-order valence-electron chi connectivity index (χ1n) is 9.62. The van der Waals surface area contributed by atoms with E-state index in [2.05, 4.69) is 5.32 Å². The molecule has 1 aliphatic carbocycles. The molecule has 0 bridgehead atoms. The maximum Gasteiger partial charge on any atom is 0.203 e. The van der Waals surface area contributed by atoms with E-state index in [1.807, 2.05) is 25.2 Å². The number of hydrogen-bond donors (Lipinski definition) is 2. The van der Waals surface area contributed by atoms with E-state index < -0.39 is 5.72 Å². The quantitative estimate of drug-likeness (QED) is 0.760. The Kier molecular flexibility index (Phi) is 6.31. The van der Waals surface area contributed by atoms with E-state index in [0.717, 1.165) is 6.42 Å². The minimum atomic E-state index is -0.709. The van der Waals surface area contributed by atoms with Gasteiger partial charge in [-0.2, -0.15) is 0 Å². The van der Waals surface area contributed by atoms with Gasteiger partial charge in [0, 0.05) is 13.5 Å². The number of hydrogen-bond acceptors (Lipinski definition) is 5. The lowest BCUT2D eigenvalue weighted by atomic mass is 9.83. The standard InChI is InChI=1S/C20H31N3O4/c1-23-14-27-20(22-19(23)21,12-15-8-5-4-6-9-15)13-26-17-11-7-10-16(24-2)18(17)25-3/h7,10-11,15H,4-6,8-9,12-14H2,1-3H3,(H2,21,22). The van der Waals surface area contributed by atoms with Crippen LogP contribution in [0.5, 0.6) is 17.2 Å². The maximum absolute atomic E-state index is 8.23. The minimum Gasteiger partial charge on any atom is -0.493 e. The molecule has 0 spiro atoms. The third kappa shape index (κ3) is 4.58. The molecule has 1 aliphatic heterocycles. The molecule has 1 aromatic carbocycles. The number of ether oxygens (including phenoxy) is 4. The predicted molar refractivity (Wildman–Crippen MR) is 104 cm³/mol. The van der Waals surface area contributed by atoms with Crippen LogP contribution in [0, 0.1) is 11.3 Å². The molecule has 0 radical (unpaired) electrons. The van der Waals surface area contributed by atoms with Gasteiger partial charge in [-0.3, -0.25) is 5.41 Å². The molecule has 2 fully saturated rings. The molecule has 0 amide bonds. The van der Waals surface area contributed by atoms with Crippen LogP contribution in [0.3, 0.4) is 0 Å². The summed E-state index contributed by atoms with van der Waals surface area (Å²) in [5, 5.41) is 11.5. The van der Waals surface area contributed by atoms with Gasteiger partial charge in [0.2, 0.25) is 5.75 Å². The SMILES string of the molecule is COc1cccc(OCC2(CC3CCCCC3)NC(=N)N(C)CO2)c1OC. The van der Waals surface area contributed by atoms with E-state index >= 15 is 0 Å². The van der Waals surface area contributed by atoms with Gasteiger partial charge in [-0.25, -0.2) is 0 Å². The molecule has 1 saturated carbocycles. The minimum absolute atomic E-state index is 0.295. The number of methoxy groups -OCH3 is 2. The number of rotatable bonds is 7. The second-order valence-corrected chi connectivity index (χ2v) is 7.43. The first kappa shape index (κ1) is 19.6. The molecular formula is C20H31N3O4. The summed E-state index contributed by atoms with van der Waals surface area (Å²) in [7, 11) is 5.05. The first-order valence-corrected chi connectivity index (χ1v) is 9.62. The molecular weight excluding hydrogens is 346 g/mol. The van der Waals surface area contributed by atoms with E-state index in [1.54, 1.807) is 19.1 Å². The molecule has 27 heavy (non-hydrogen) atoms. The van der Waals surface area contributed by atoms with Gasteiger partial charge in [-0.1, -0.05) is 38.2 Å². The molecule has 2 aliphatic rings. The van der Waals surface area contributed by atoms with Gasteiger partial charge in [0.1, 0.15) is 13.3 Å². The highest BCUT2D eigenvalue weighted by molar-refractivity contribution is 5.77. The van der Waals surface area contributed by atoms with Gasteiger partial charge >= 0.3 is 0 Å². The van der Waals surface area contributed by atoms with Crippen LogP contribution in [-0.4, -0.2) is 51.2 Å². The first-order chi connectivity index (χ1) is 13.1. The molecule has 1 heterocycles. The smallest absolute Gasteiger partial charge is 0.203 e. The zero-order valence-corrected chi connectivity index (χ0v) is 16.5.